The van der Waals surface area contributed by atoms with Gasteiger partial charge in [-0.25, -0.2) is 14.5 Å². The molecule has 0 amide bonds. The zero-order valence-corrected chi connectivity index (χ0v) is 19.2. The van der Waals surface area contributed by atoms with Gasteiger partial charge < -0.3 is 14.9 Å². The number of aromatic nitrogens is 6. The normalized spacial score (nSPS) is 15.4. The van der Waals surface area contributed by atoms with E-state index < -0.39 is 6.10 Å². The second-order valence-electron chi connectivity index (χ2n) is 8.63. The van der Waals surface area contributed by atoms with E-state index in [2.05, 4.69) is 55.2 Å². The highest BCUT2D eigenvalue weighted by molar-refractivity contribution is 5.75. The maximum Gasteiger partial charge on any atom is 0.225 e. The molecule has 1 fully saturated rings. The Labute approximate surface area is 193 Å². The van der Waals surface area contributed by atoms with E-state index in [4.69, 9.17) is 0 Å². The van der Waals surface area contributed by atoms with Gasteiger partial charge in [-0.05, 0) is 12.5 Å². The van der Waals surface area contributed by atoms with Crippen LogP contribution in [-0.4, -0.2) is 60.6 Å². The van der Waals surface area contributed by atoms with Gasteiger partial charge in [0.15, 0.2) is 0 Å². The van der Waals surface area contributed by atoms with Gasteiger partial charge in [-0.2, -0.15) is 10.2 Å². The van der Waals surface area contributed by atoms with Gasteiger partial charge in [-0.15, -0.1) is 0 Å². The summed E-state index contributed by atoms with van der Waals surface area (Å²) >= 11 is 0. The predicted molar refractivity (Wildman–Crippen MR) is 128 cm³/mol. The highest BCUT2D eigenvalue weighted by Crippen LogP contribution is 2.27. The molecule has 1 aliphatic heterocycles. The number of aliphatic hydroxyl groups excluding tert-OH is 1. The van der Waals surface area contributed by atoms with Crippen LogP contribution < -0.4 is 9.80 Å². The molecule has 172 valence electrons. The average Bonchev–Trinajstić information content (AvgIpc) is 3.48. The Morgan fingerprint density at radius 1 is 0.909 bits per heavy atom. The van der Waals surface area contributed by atoms with Crippen molar-refractivity contribution in [2.75, 3.05) is 36.0 Å². The molecule has 4 aromatic rings. The summed E-state index contributed by atoms with van der Waals surface area (Å²) in [5.74, 6) is 0.724. The van der Waals surface area contributed by atoms with Crippen LogP contribution in [0, 0.1) is 0 Å². The van der Waals surface area contributed by atoms with Gasteiger partial charge in [-0.3, -0.25) is 4.68 Å². The largest absolute Gasteiger partial charge is 0.388 e. The highest BCUT2D eigenvalue weighted by Gasteiger charge is 2.22. The molecule has 9 heteroatoms. The van der Waals surface area contributed by atoms with Crippen molar-refractivity contribution >= 4 is 17.2 Å². The van der Waals surface area contributed by atoms with E-state index in [1.54, 1.807) is 17.1 Å². The number of aliphatic hydroxyl groups is 1. The maximum absolute atomic E-state index is 10.3. The van der Waals surface area contributed by atoms with E-state index in [1.807, 2.05) is 30.2 Å². The molecular weight excluding hydrogens is 416 g/mol. The summed E-state index contributed by atoms with van der Waals surface area (Å²) in [5.41, 5.74) is 5.20. The fourth-order valence-electron chi connectivity index (χ4n) is 4.33. The number of piperazine rings is 1. The minimum absolute atomic E-state index is 0.481. The van der Waals surface area contributed by atoms with E-state index in [0.29, 0.717) is 0 Å². The Morgan fingerprint density at radius 2 is 1.67 bits per heavy atom. The standard InChI is InChI=1S/C24H30N8O/c1-3-4-5-23(33)19-12-25-24(26-13-19)31-10-8-30(9-11-31)22-15-28-32-17-18(6-7-21(22)32)20-14-27-29(2)16-20/h6-7,12-17,23,33H,3-5,8-11H2,1-2H3. The minimum atomic E-state index is -0.481. The monoisotopic (exact) mass is 446 g/mol. The fourth-order valence-corrected chi connectivity index (χ4v) is 4.33. The molecule has 0 spiro atoms. The molecule has 1 saturated heterocycles. The number of pyridine rings is 1. The Kier molecular flexibility index (Phi) is 5.95. The molecule has 5 heterocycles. The summed E-state index contributed by atoms with van der Waals surface area (Å²) < 4.78 is 3.75. The first-order chi connectivity index (χ1) is 16.1. The summed E-state index contributed by atoms with van der Waals surface area (Å²) in [6.45, 7) is 5.54. The van der Waals surface area contributed by atoms with Crippen LogP contribution in [0.15, 0.2) is 49.3 Å². The van der Waals surface area contributed by atoms with Crippen molar-refractivity contribution < 1.29 is 5.11 Å². The van der Waals surface area contributed by atoms with Gasteiger partial charge >= 0.3 is 0 Å². The van der Waals surface area contributed by atoms with Gasteiger partial charge in [0.05, 0.1) is 29.7 Å². The summed E-state index contributed by atoms with van der Waals surface area (Å²) in [7, 11) is 1.92. The van der Waals surface area contributed by atoms with E-state index in [0.717, 1.165) is 79.3 Å². The molecule has 0 aliphatic carbocycles. The number of hydrogen-bond acceptors (Lipinski definition) is 7. The van der Waals surface area contributed by atoms with Crippen molar-refractivity contribution in [1.82, 2.24) is 29.4 Å². The predicted octanol–water partition coefficient (Wildman–Crippen LogP) is 3.08. The smallest absolute Gasteiger partial charge is 0.225 e. The number of unbranched alkanes of at least 4 members (excludes halogenated alkanes) is 1. The Morgan fingerprint density at radius 3 is 2.36 bits per heavy atom. The van der Waals surface area contributed by atoms with Crippen LogP contribution in [0.25, 0.3) is 16.6 Å². The zero-order chi connectivity index (χ0) is 22.8. The fraction of sp³-hybridized carbons (Fsp3) is 0.417. The number of fused-ring (bicyclic) bond motifs is 1. The van der Waals surface area contributed by atoms with Crippen molar-refractivity contribution in [3.05, 3.63) is 54.9 Å². The first-order valence-corrected chi connectivity index (χ1v) is 11.6. The molecule has 0 saturated carbocycles. The van der Waals surface area contributed by atoms with Crippen LogP contribution in [0.2, 0.25) is 0 Å². The number of aryl methyl sites for hydroxylation is 1. The highest BCUT2D eigenvalue weighted by atomic mass is 16.3. The van der Waals surface area contributed by atoms with Crippen LogP contribution in [-0.2, 0) is 7.05 Å². The molecule has 0 bridgehead atoms. The van der Waals surface area contributed by atoms with E-state index >= 15 is 0 Å². The molecule has 0 aromatic carbocycles. The van der Waals surface area contributed by atoms with Crippen LogP contribution >= 0.6 is 0 Å². The first-order valence-electron chi connectivity index (χ1n) is 11.6. The van der Waals surface area contributed by atoms with Crippen LogP contribution in [0.1, 0.15) is 37.9 Å². The van der Waals surface area contributed by atoms with Crippen molar-refractivity contribution in [3.63, 3.8) is 0 Å². The van der Waals surface area contributed by atoms with Gasteiger partial charge in [0.25, 0.3) is 0 Å². The number of nitrogens with zero attached hydrogens (tertiary/aromatic N) is 8. The van der Waals surface area contributed by atoms with Crippen LogP contribution in [0.5, 0.6) is 0 Å². The molecular formula is C24H30N8O. The first kappa shape index (κ1) is 21.4. The number of rotatable bonds is 7. The Balaban J connectivity index is 1.24. The molecule has 0 radical (unpaired) electrons. The second kappa shape index (κ2) is 9.19. The molecule has 1 N–H and O–H groups in total. The van der Waals surface area contributed by atoms with Crippen molar-refractivity contribution in [2.24, 2.45) is 7.05 Å². The zero-order valence-electron chi connectivity index (χ0n) is 19.2. The number of anilines is 2. The summed E-state index contributed by atoms with van der Waals surface area (Å²) in [6.07, 6.45) is 13.7. The van der Waals surface area contributed by atoms with E-state index in [1.165, 1.54) is 0 Å². The maximum atomic E-state index is 10.3. The molecule has 9 nitrogen and oxygen atoms in total. The van der Waals surface area contributed by atoms with Crippen molar-refractivity contribution in [3.8, 4) is 11.1 Å². The molecule has 1 unspecified atom stereocenters. The molecule has 33 heavy (non-hydrogen) atoms. The molecule has 5 rings (SSSR count). The lowest BCUT2D eigenvalue weighted by Crippen LogP contribution is -2.47. The second-order valence-corrected chi connectivity index (χ2v) is 8.63. The van der Waals surface area contributed by atoms with Gasteiger partial charge in [0.1, 0.15) is 0 Å². The van der Waals surface area contributed by atoms with Crippen LogP contribution in [0.4, 0.5) is 11.6 Å². The third-order valence-electron chi connectivity index (χ3n) is 6.31. The molecule has 4 aromatic heterocycles. The quantitative estimate of drug-likeness (QED) is 0.467. The third-order valence-corrected chi connectivity index (χ3v) is 6.31. The SMILES string of the molecule is CCCCC(O)c1cnc(N2CCN(c3cnn4cc(-c5cnn(C)c5)ccc34)CC2)nc1. The van der Waals surface area contributed by atoms with Crippen molar-refractivity contribution in [1.29, 1.82) is 0 Å². The third kappa shape index (κ3) is 4.41. The van der Waals surface area contributed by atoms with Crippen LogP contribution in [0.3, 0.4) is 0 Å². The molecule has 1 atom stereocenters. The lowest BCUT2D eigenvalue weighted by Gasteiger charge is -2.35. The number of hydrogen-bond donors (Lipinski definition) is 1. The van der Waals surface area contributed by atoms with Gasteiger partial charge in [-0.1, -0.05) is 25.8 Å². The summed E-state index contributed by atoms with van der Waals surface area (Å²) in [4.78, 5) is 13.6. The Bertz CT molecular complexity index is 1210. The minimum Gasteiger partial charge on any atom is -0.388 e. The lowest BCUT2D eigenvalue weighted by molar-refractivity contribution is 0.163. The van der Waals surface area contributed by atoms with E-state index in [9.17, 15) is 5.11 Å². The lowest BCUT2D eigenvalue weighted by atomic mass is 10.1. The van der Waals surface area contributed by atoms with E-state index in [-0.39, 0.29) is 0 Å². The molecule has 1 aliphatic rings. The summed E-state index contributed by atoms with van der Waals surface area (Å²) in [6, 6.07) is 4.25. The topological polar surface area (TPSA) is 87.6 Å². The summed E-state index contributed by atoms with van der Waals surface area (Å²) in [5, 5.41) is 19.1. The van der Waals surface area contributed by atoms with Gasteiger partial charge in [0, 0.05) is 74.7 Å². The Hall–Kier alpha value is -3.46. The average molecular weight is 447 g/mol. The van der Waals surface area contributed by atoms with Crippen molar-refractivity contribution in [2.45, 2.75) is 32.3 Å². The van der Waals surface area contributed by atoms with Gasteiger partial charge in [0.2, 0.25) is 5.95 Å².